The van der Waals surface area contributed by atoms with Gasteiger partial charge in [-0.15, -0.1) is 0 Å². The van der Waals surface area contributed by atoms with E-state index in [0.717, 1.165) is 23.2 Å². The number of rotatable bonds is 9. The summed E-state index contributed by atoms with van der Waals surface area (Å²) in [6.45, 7) is 22.4. The summed E-state index contributed by atoms with van der Waals surface area (Å²) in [4.78, 5) is 17.1. The molecule has 0 saturated heterocycles. The number of Topliss-reactive ketones (excluding diaryl/α,β-unsaturated/α-hetero) is 1. The zero-order chi connectivity index (χ0) is 32.1. The standard InChI is InChI=1S/C21H30ClF3N4.C9H16O.C2H6/c1-7-17-18(22)15(13(2)11-28-17)8-9-29(12-20(4,5)6)14(3)16(10-26)19(27)21(23,24)25;1-7-5-3-4-6-9(7)8(2)10;1-2/h10-11,26H,3,7-9,12,27H2,1-2,4-6H3;7,9H,3-6H2,1-2H3;1-2H3/b19-16+,26-10?;;. The molecule has 1 aliphatic carbocycles. The number of nitrogens with zero attached hydrogens (tertiary/aromatic N) is 2. The van der Waals surface area contributed by atoms with E-state index in [1.807, 2.05) is 48.5 Å². The number of pyridine rings is 1. The molecule has 2 unspecified atom stereocenters. The van der Waals surface area contributed by atoms with Crippen molar-refractivity contribution in [2.45, 2.75) is 107 Å². The Kier molecular flexibility index (Phi) is 16.6. The molecule has 1 aromatic rings. The van der Waals surface area contributed by atoms with Crippen LogP contribution in [0.25, 0.3) is 0 Å². The predicted molar refractivity (Wildman–Crippen MR) is 166 cm³/mol. The van der Waals surface area contributed by atoms with Crippen molar-refractivity contribution in [3.8, 4) is 0 Å². The first-order chi connectivity index (χ1) is 18.9. The van der Waals surface area contributed by atoms with Crippen LogP contribution in [0.3, 0.4) is 0 Å². The van der Waals surface area contributed by atoms with Crippen molar-refractivity contribution in [2.24, 2.45) is 23.0 Å². The number of nitrogens with two attached hydrogens (primary N) is 1. The van der Waals surface area contributed by atoms with Gasteiger partial charge in [0.2, 0.25) is 0 Å². The smallest absolute Gasteiger partial charge is 0.394 e. The molecule has 1 aliphatic rings. The van der Waals surface area contributed by atoms with E-state index in [9.17, 15) is 18.0 Å². The highest BCUT2D eigenvalue weighted by atomic mass is 35.5. The second kappa shape index (κ2) is 17.6. The summed E-state index contributed by atoms with van der Waals surface area (Å²) in [5.41, 5.74) is 6.03. The van der Waals surface area contributed by atoms with E-state index < -0.39 is 17.4 Å². The molecule has 2 atom stereocenters. The summed E-state index contributed by atoms with van der Waals surface area (Å²) in [5.74, 6) is 1.42. The number of ketones is 1. The van der Waals surface area contributed by atoms with Gasteiger partial charge >= 0.3 is 6.18 Å². The lowest BCUT2D eigenvalue weighted by atomic mass is 9.78. The Balaban J connectivity index is 0.00000111. The first-order valence-electron chi connectivity index (χ1n) is 14.6. The molecule has 1 aromatic heterocycles. The van der Waals surface area contributed by atoms with E-state index in [1.54, 1.807) is 18.0 Å². The van der Waals surface area contributed by atoms with Gasteiger partial charge in [0.1, 0.15) is 11.5 Å². The van der Waals surface area contributed by atoms with Gasteiger partial charge in [-0.3, -0.25) is 9.78 Å². The minimum Gasteiger partial charge on any atom is -0.394 e. The van der Waals surface area contributed by atoms with Gasteiger partial charge in [-0.25, -0.2) is 0 Å². The third kappa shape index (κ3) is 12.6. The number of halogens is 4. The fourth-order valence-corrected chi connectivity index (χ4v) is 5.32. The first kappa shape index (κ1) is 38.6. The van der Waals surface area contributed by atoms with Gasteiger partial charge < -0.3 is 16.0 Å². The molecule has 0 amide bonds. The lowest BCUT2D eigenvalue weighted by molar-refractivity contribution is -0.123. The Bertz CT molecular complexity index is 1040. The Labute approximate surface area is 251 Å². The number of allylic oxidation sites excluding steroid dienone is 2. The number of aromatic nitrogens is 1. The maximum absolute atomic E-state index is 13.1. The highest BCUT2D eigenvalue weighted by molar-refractivity contribution is 6.32. The monoisotopic (exact) mass is 600 g/mol. The SMILES string of the molecule is C=C(/C(C=N)=C(/N)C(F)(F)F)N(CCc1c(C)cnc(CC)c1Cl)CC(C)(C)C.CC.CC(=O)C1CCCCC1C. The number of hydrogen-bond acceptors (Lipinski definition) is 5. The van der Waals surface area contributed by atoms with E-state index in [0.29, 0.717) is 54.8 Å². The van der Waals surface area contributed by atoms with Gasteiger partial charge in [0.15, 0.2) is 0 Å². The number of carbonyl (C=O) groups excluding carboxylic acids is 1. The van der Waals surface area contributed by atoms with E-state index in [4.69, 9.17) is 22.7 Å². The average Bonchev–Trinajstić information content (AvgIpc) is 2.88. The third-order valence-electron chi connectivity index (χ3n) is 7.11. The van der Waals surface area contributed by atoms with Crippen molar-refractivity contribution in [1.29, 1.82) is 5.41 Å². The second-order valence-electron chi connectivity index (χ2n) is 11.7. The van der Waals surface area contributed by atoms with Crippen LogP contribution >= 0.6 is 11.6 Å². The summed E-state index contributed by atoms with van der Waals surface area (Å²) in [6.07, 6.45) is 3.80. The highest BCUT2D eigenvalue weighted by Gasteiger charge is 2.35. The van der Waals surface area contributed by atoms with Gasteiger partial charge in [-0.1, -0.05) is 85.9 Å². The van der Waals surface area contributed by atoms with E-state index in [-0.39, 0.29) is 11.1 Å². The summed E-state index contributed by atoms with van der Waals surface area (Å²) < 4.78 is 39.4. The van der Waals surface area contributed by atoms with Crippen LogP contribution in [0, 0.1) is 29.6 Å². The highest BCUT2D eigenvalue weighted by Crippen LogP contribution is 2.31. The van der Waals surface area contributed by atoms with Gasteiger partial charge in [0.05, 0.1) is 10.7 Å². The van der Waals surface area contributed by atoms with Crippen LogP contribution in [0.4, 0.5) is 13.2 Å². The van der Waals surface area contributed by atoms with Gasteiger partial charge in [0.25, 0.3) is 0 Å². The molecule has 3 N–H and O–H groups in total. The van der Waals surface area contributed by atoms with E-state index in [2.05, 4.69) is 18.5 Å². The van der Waals surface area contributed by atoms with Crippen LogP contribution in [-0.2, 0) is 17.6 Å². The van der Waals surface area contributed by atoms with Crippen molar-refractivity contribution in [3.05, 3.63) is 51.6 Å². The van der Waals surface area contributed by atoms with Crippen molar-refractivity contribution in [1.82, 2.24) is 9.88 Å². The molecule has 1 saturated carbocycles. The summed E-state index contributed by atoms with van der Waals surface area (Å²) >= 11 is 6.49. The zero-order valence-electron chi connectivity index (χ0n) is 26.6. The molecule has 0 radical (unpaired) electrons. The predicted octanol–water partition coefficient (Wildman–Crippen LogP) is 8.86. The molecule has 41 heavy (non-hydrogen) atoms. The van der Waals surface area contributed by atoms with Crippen molar-refractivity contribution < 1.29 is 18.0 Å². The number of hydrogen-bond donors (Lipinski definition) is 2. The summed E-state index contributed by atoms with van der Waals surface area (Å²) in [5, 5.41) is 8.05. The quantitative estimate of drug-likeness (QED) is 0.219. The molecule has 0 spiro atoms. The Morgan fingerprint density at radius 1 is 1.24 bits per heavy atom. The lowest BCUT2D eigenvalue weighted by Crippen LogP contribution is -2.36. The van der Waals surface area contributed by atoms with Crippen molar-refractivity contribution in [3.63, 3.8) is 0 Å². The molecule has 9 heteroatoms. The average molecular weight is 601 g/mol. The van der Waals surface area contributed by atoms with Gasteiger partial charge in [-0.05, 0) is 55.6 Å². The lowest BCUT2D eigenvalue weighted by Gasteiger charge is -2.34. The summed E-state index contributed by atoms with van der Waals surface area (Å²) in [6, 6.07) is 0. The first-order valence-corrected chi connectivity index (χ1v) is 15.0. The minimum absolute atomic E-state index is 0.0725. The molecule has 0 aromatic carbocycles. The molecule has 1 fully saturated rings. The zero-order valence-corrected chi connectivity index (χ0v) is 27.3. The molecule has 2 rings (SSSR count). The molecule has 234 valence electrons. The minimum atomic E-state index is -4.73. The normalized spacial score (nSPS) is 17.7. The van der Waals surface area contributed by atoms with E-state index in [1.165, 1.54) is 19.3 Å². The Hall–Kier alpha value is -2.35. The fraction of sp³-hybridized carbons (Fsp3) is 0.656. The summed E-state index contributed by atoms with van der Waals surface area (Å²) in [7, 11) is 0. The van der Waals surface area contributed by atoms with Crippen LogP contribution in [0.15, 0.2) is 29.7 Å². The van der Waals surface area contributed by atoms with Gasteiger partial charge in [-0.2, -0.15) is 13.2 Å². The molecule has 0 bridgehead atoms. The van der Waals surface area contributed by atoms with Crippen LogP contribution < -0.4 is 5.73 Å². The molecule has 1 heterocycles. The molecule has 5 nitrogen and oxygen atoms in total. The van der Waals surface area contributed by atoms with Crippen LogP contribution in [0.1, 0.15) is 97.9 Å². The van der Waals surface area contributed by atoms with Crippen molar-refractivity contribution in [2.75, 3.05) is 13.1 Å². The Morgan fingerprint density at radius 3 is 2.22 bits per heavy atom. The largest absolute Gasteiger partial charge is 0.431 e. The number of carbonyl (C=O) groups is 1. The number of alkyl halides is 3. The number of nitrogens with one attached hydrogen (secondary N) is 1. The molecular weight excluding hydrogens is 549 g/mol. The third-order valence-corrected chi connectivity index (χ3v) is 7.55. The van der Waals surface area contributed by atoms with E-state index >= 15 is 0 Å². The second-order valence-corrected chi connectivity index (χ2v) is 12.0. The fourth-order valence-electron chi connectivity index (χ4n) is 4.90. The van der Waals surface area contributed by atoms with Crippen molar-refractivity contribution >= 4 is 23.6 Å². The maximum atomic E-state index is 13.1. The molecular formula is C32H52ClF3N4O. The maximum Gasteiger partial charge on any atom is 0.431 e. The van der Waals surface area contributed by atoms with Crippen LogP contribution in [-0.4, -0.2) is 41.1 Å². The number of aryl methyl sites for hydroxylation is 2. The Morgan fingerprint density at radius 2 is 1.80 bits per heavy atom. The van der Waals surface area contributed by atoms with Crippen LogP contribution in [0.5, 0.6) is 0 Å². The van der Waals surface area contributed by atoms with Gasteiger partial charge in [0, 0.05) is 42.7 Å². The topological polar surface area (TPSA) is 83.1 Å². The van der Waals surface area contributed by atoms with Crippen LogP contribution in [0.2, 0.25) is 5.02 Å². The molecule has 0 aliphatic heterocycles.